The fourth-order valence-electron chi connectivity index (χ4n) is 2.28. The van der Waals surface area contributed by atoms with Crippen molar-refractivity contribution in [3.05, 3.63) is 16.9 Å². The fraction of sp³-hybridized carbons (Fsp3) is 0.636. The largest absolute Gasteiger partial charge is 0.348 e. The average Bonchev–Trinajstić information content (AvgIpc) is 3.10. The van der Waals surface area contributed by atoms with Gasteiger partial charge in [-0.1, -0.05) is 12.1 Å². The second kappa shape index (κ2) is 5.01. The summed E-state index contributed by atoms with van der Waals surface area (Å²) < 4.78 is 0. The zero-order chi connectivity index (χ0) is 12.4. The molecule has 2 aromatic rings. The maximum atomic E-state index is 4.63. The Morgan fingerprint density at radius 3 is 2.89 bits per heavy atom. The van der Waals surface area contributed by atoms with Gasteiger partial charge < -0.3 is 4.90 Å². The SMILES string of the molecule is CCc1csc(N2CCC(c3nn[nH]n3)CC2)n1. The molecule has 0 aromatic carbocycles. The lowest BCUT2D eigenvalue weighted by atomic mass is 9.97. The van der Waals surface area contributed by atoms with Crippen molar-refractivity contribution in [2.45, 2.75) is 32.1 Å². The number of H-pyrrole nitrogens is 1. The number of tetrazole rings is 1. The minimum atomic E-state index is 0.436. The summed E-state index contributed by atoms with van der Waals surface area (Å²) in [6.07, 6.45) is 3.15. The molecule has 0 saturated carbocycles. The van der Waals surface area contributed by atoms with Crippen molar-refractivity contribution >= 4 is 16.5 Å². The number of aryl methyl sites for hydroxylation is 1. The van der Waals surface area contributed by atoms with Crippen LogP contribution in [0.2, 0.25) is 0 Å². The van der Waals surface area contributed by atoms with Crippen LogP contribution in [-0.2, 0) is 6.42 Å². The molecule has 1 fully saturated rings. The number of piperidine rings is 1. The van der Waals surface area contributed by atoms with Crippen molar-refractivity contribution in [3.8, 4) is 0 Å². The average molecular weight is 264 g/mol. The molecule has 1 N–H and O–H groups in total. The Morgan fingerprint density at radius 1 is 1.44 bits per heavy atom. The van der Waals surface area contributed by atoms with Gasteiger partial charge in [0.1, 0.15) is 0 Å². The monoisotopic (exact) mass is 264 g/mol. The Balaban J connectivity index is 1.63. The molecule has 0 atom stereocenters. The molecule has 3 rings (SSSR count). The molecule has 0 spiro atoms. The molecular formula is C11H16N6S. The number of aromatic amines is 1. The molecule has 2 aromatic heterocycles. The van der Waals surface area contributed by atoms with Gasteiger partial charge in [-0.05, 0) is 19.3 Å². The van der Waals surface area contributed by atoms with E-state index in [1.807, 2.05) is 0 Å². The van der Waals surface area contributed by atoms with Crippen molar-refractivity contribution in [2.24, 2.45) is 0 Å². The zero-order valence-corrected chi connectivity index (χ0v) is 11.2. The first kappa shape index (κ1) is 11.6. The molecule has 7 heteroatoms. The number of hydrogen-bond acceptors (Lipinski definition) is 6. The predicted octanol–water partition coefficient (Wildman–Crippen LogP) is 1.60. The minimum absolute atomic E-state index is 0.436. The standard InChI is InChI=1S/C11H16N6S/c1-2-9-7-18-11(12-9)17-5-3-8(4-6-17)10-13-15-16-14-10/h7-8H,2-6H2,1H3,(H,13,14,15,16). The van der Waals surface area contributed by atoms with Gasteiger partial charge >= 0.3 is 0 Å². The molecule has 0 unspecified atom stereocenters. The Kier molecular flexibility index (Phi) is 3.22. The van der Waals surface area contributed by atoms with Gasteiger partial charge in [-0.3, -0.25) is 0 Å². The van der Waals surface area contributed by atoms with Crippen LogP contribution in [0.4, 0.5) is 5.13 Å². The van der Waals surface area contributed by atoms with Gasteiger partial charge in [-0.15, -0.1) is 21.5 Å². The van der Waals surface area contributed by atoms with Crippen LogP contribution in [-0.4, -0.2) is 38.7 Å². The summed E-state index contributed by atoms with van der Waals surface area (Å²) in [7, 11) is 0. The lowest BCUT2D eigenvalue weighted by Crippen LogP contribution is -2.33. The normalized spacial score (nSPS) is 17.3. The molecular weight excluding hydrogens is 248 g/mol. The summed E-state index contributed by atoms with van der Waals surface area (Å²) in [6, 6.07) is 0. The van der Waals surface area contributed by atoms with Crippen LogP contribution < -0.4 is 4.90 Å². The fourth-order valence-corrected chi connectivity index (χ4v) is 3.24. The van der Waals surface area contributed by atoms with Crippen molar-refractivity contribution in [1.82, 2.24) is 25.6 Å². The van der Waals surface area contributed by atoms with E-state index in [1.54, 1.807) is 11.3 Å². The summed E-state index contributed by atoms with van der Waals surface area (Å²) in [6.45, 7) is 4.19. The van der Waals surface area contributed by atoms with Crippen LogP contribution in [0, 0.1) is 0 Å². The smallest absolute Gasteiger partial charge is 0.185 e. The van der Waals surface area contributed by atoms with Gasteiger partial charge in [0.05, 0.1) is 5.69 Å². The quantitative estimate of drug-likeness (QED) is 0.911. The molecule has 0 amide bonds. The number of nitrogens with zero attached hydrogens (tertiary/aromatic N) is 5. The molecule has 1 aliphatic heterocycles. The lowest BCUT2D eigenvalue weighted by molar-refractivity contribution is 0.485. The van der Waals surface area contributed by atoms with E-state index in [1.165, 1.54) is 5.69 Å². The maximum Gasteiger partial charge on any atom is 0.185 e. The van der Waals surface area contributed by atoms with Crippen LogP contribution in [0.15, 0.2) is 5.38 Å². The summed E-state index contributed by atoms with van der Waals surface area (Å²) in [4.78, 5) is 7.00. The van der Waals surface area contributed by atoms with E-state index in [0.29, 0.717) is 5.92 Å². The number of aromatic nitrogens is 5. The van der Waals surface area contributed by atoms with E-state index in [2.05, 4.69) is 42.8 Å². The van der Waals surface area contributed by atoms with Crippen molar-refractivity contribution < 1.29 is 0 Å². The third kappa shape index (κ3) is 2.22. The highest BCUT2D eigenvalue weighted by atomic mass is 32.1. The first-order chi connectivity index (χ1) is 8.86. The van der Waals surface area contributed by atoms with Crippen LogP contribution in [0.5, 0.6) is 0 Å². The highest BCUT2D eigenvalue weighted by Crippen LogP contribution is 2.29. The van der Waals surface area contributed by atoms with E-state index in [0.717, 1.165) is 43.3 Å². The predicted molar refractivity (Wildman–Crippen MR) is 69.9 cm³/mol. The van der Waals surface area contributed by atoms with Gasteiger partial charge in [0.25, 0.3) is 0 Å². The summed E-state index contributed by atoms with van der Waals surface area (Å²) in [5, 5.41) is 17.6. The molecule has 1 saturated heterocycles. The minimum Gasteiger partial charge on any atom is -0.348 e. The van der Waals surface area contributed by atoms with E-state index in [4.69, 9.17) is 0 Å². The topological polar surface area (TPSA) is 70.6 Å². The third-order valence-electron chi connectivity index (χ3n) is 3.39. The Labute approximate surface area is 109 Å². The van der Waals surface area contributed by atoms with Gasteiger partial charge in [0.15, 0.2) is 11.0 Å². The molecule has 3 heterocycles. The van der Waals surface area contributed by atoms with E-state index in [9.17, 15) is 0 Å². The maximum absolute atomic E-state index is 4.63. The Morgan fingerprint density at radius 2 is 2.28 bits per heavy atom. The van der Waals surface area contributed by atoms with E-state index >= 15 is 0 Å². The number of anilines is 1. The summed E-state index contributed by atoms with van der Waals surface area (Å²) >= 11 is 1.74. The lowest BCUT2D eigenvalue weighted by Gasteiger charge is -2.30. The van der Waals surface area contributed by atoms with Crippen LogP contribution >= 0.6 is 11.3 Å². The second-order valence-corrected chi connectivity index (χ2v) is 5.34. The van der Waals surface area contributed by atoms with E-state index in [-0.39, 0.29) is 0 Å². The van der Waals surface area contributed by atoms with Crippen molar-refractivity contribution in [2.75, 3.05) is 18.0 Å². The number of nitrogens with one attached hydrogen (secondary N) is 1. The number of rotatable bonds is 3. The molecule has 1 aliphatic rings. The van der Waals surface area contributed by atoms with Gasteiger partial charge in [-0.25, -0.2) is 4.98 Å². The van der Waals surface area contributed by atoms with Gasteiger partial charge in [0.2, 0.25) is 0 Å². The second-order valence-electron chi connectivity index (χ2n) is 4.51. The Bertz CT molecular complexity index is 485. The molecule has 18 heavy (non-hydrogen) atoms. The highest BCUT2D eigenvalue weighted by Gasteiger charge is 2.24. The highest BCUT2D eigenvalue weighted by molar-refractivity contribution is 7.13. The molecule has 0 radical (unpaired) electrons. The number of thiazole rings is 1. The summed E-state index contributed by atoms with van der Waals surface area (Å²) in [5.74, 6) is 1.29. The van der Waals surface area contributed by atoms with Gasteiger partial charge in [-0.2, -0.15) is 5.21 Å². The summed E-state index contributed by atoms with van der Waals surface area (Å²) in [5.41, 5.74) is 1.19. The Hall–Kier alpha value is -1.50. The first-order valence-corrected chi connectivity index (χ1v) is 7.17. The molecule has 0 bridgehead atoms. The third-order valence-corrected chi connectivity index (χ3v) is 4.34. The van der Waals surface area contributed by atoms with Crippen molar-refractivity contribution in [1.29, 1.82) is 0 Å². The first-order valence-electron chi connectivity index (χ1n) is 6.29. The van der Waals surface area contributed by atoms with Crippen LogP contribution in [0.25, 0.3) is 0 Å². The molecule has 6 nitrogen and oxygen atoms in total. The zero-order valence-electron chi connectivity index (χ0n) is 10.3. The van der Waals surface area contributed by atoms with Gasteiger partial charge in [0, 0.05) is 24.4 Å². The van der Waals surface area contributed by atoms with Crippen LogP contribution in [0.1, 0.15) is 37.2 Å². The van der Waals surface area contributed by atoms with Crippen LogP contribution in [0.3, 0.4) is 0 Å². The number of hydrogen-bond donors (Lipinski definition) is 1. The van der Waals surface area contributed by atoms with Crippen molar-refractivity contribution in [3.63, 3.8) is 0 Å². The molecule has 96 valence electrons. The van der Waals surface area contributed by atoms with E-state index < -0.39 is 0 Å². The molecule has 0 aliphatic carbocycles.